The summed E-state index contributed by atoms with van der Waals surface area (Å²) in [6.45, 7) is 2.71. The average Bonchev–Trinajstić information content (AvgIpc) is 2.01. The molecule has 0 aromatic carbocycles. The molecule has 0 saturated carbocycles. The molecule has 2 unspecified atom stereocenters. The summed E-state index contributed by atoms with van der Waals surface area (Å²) in [5.41, 5.74) is -0.00777. The smallest absolute Gasteiger partial charge is 0.381 e. The highest BCUT2D eigenvalue weighted by molar-refractivity contribution is 6.66. The summed E-state index contributed by atoms with van der Waals surface area (Å²) in [4.78, 5) is 0. The number of halogens is 3. The van der Waals surface area contributed by atoms with Gasteiger partial charge in [-0.3, -0.25) is 0 Å². The molecule has 0 spiro atoms. The second kappa shape index (κ2) is 4.85. The van der Waals surface area contributed by atoms with E-state index >= 15 is 0 Å². The molecular formula is C9H15F3OSi. The zero-order valence-corrected chi connectivity index (χ0v) is 9.51. The zero-order valence-electron chi connectivity index (χ0n) is 8.36. The summed E-state index contributed by atoms with van der Waals surface area (Å²) in [5, 5.41) is 9.08. The molecule has 0 bridgehead atoms. The topological polar surface area (TPSA) is 20.2 Å². The first kappa shape index (κ1) is 13.5. The Kier molecular flexibility index (Phi) is 4.69. The molecule has 0 aliphatic rings. The lowest BCUT2D eigenvalue weighted by molar-refractivity contribution is -0.255. The number of hydrogen-bond donors (Lipinski definition) is 1. The van der Waals surface area contributed by atoms with Crippen LogP contribution in [0.4, 0.5) is 13.2 Å². The SMILES string of the molecule is C#C[SiH](C)CCCC(C)(O)C(F)(F)F. The number of rotatable bonds is 4. The van der Waals surface area contributed by atoms with Crippen molar-refractivity contribution in [3.8, 4) is 12.0 Å². The van der Waals surface area contributed by atoms with Gasteiger partial charge in [0, 0.05) is 0 Å². The molecule has 2 atom stereocenters. The molecule has 0 aliphatic heterocycles. The molecule has 0 aromatic rings. The Balaban J connectivity index is 3.96. The van der Waals surface area contributed by atoms with Crippen LogP contribution in [0.2, 0.25) is 12.6 Å². The molecule has 0 aliphatic carbocycles. The van der Waals surface area contributed by atoms with Gasteiger partial charge in [0.1, 0.15) is 8.80 Å². The van der Waals surface area contributed by atoms with Crippen molar-refractivity contribution in [2.75, 3.05) is 0 Å². The molecule has 0 amide bonds. The van der Waals surface area contributed by atoms with E-state index in [9.17, 15) is 13.2 Å². The predicted octanol–water partition coefficient (Wildman–Crippen LogP) is 2.11. The summed E-state index contributed by atoms with van der Waals surface area (Å²) in [7, 11) is -1.28. The van der Waals surface area contributed by atoms with Gasteiger partial charge in [-0.1, -0.05) is 13.0 Å². The summed E-state index contributed by atoms with van der Waals surface area (Å²) in [6.07, 6.45) is 0.656. The molecule has 5 heteroatoms. The van der Waals surface area contributed by atoms with Gasteiger partial charge in [-0.2, -0.15) is 13.2 Å². The number of hydrogen-bond acceptors (Lipinski definition) is 1. The van der Waals surface area contributed by atoms with E-state index in [2.05, 4.69) is 5.54 Å². The van der Waals surface area contributed by atoms with Gasteiger partial charge < -0.3 is 5.11 Å². The molecule has 1 N–H and O–H groups in total. The third-order valence-electron chi connectivity index (χ3n) is 2.20. The minimum Gasteiger partial charge on any atom is -0.381 e. The van der Waals surface area contributed by atoms with Crippen LogP contribution >= 0.6 is 0 Å². The zero-order chi connectivity index (χ0) is 11.4. The van der Waals surface area contributed by atoms with Crippen molar-refractivity contribution in [2.45, 2.75) is 44.1 Å². The lowest BCUT2D eigenvalue weighted by Crippen LogP contribution is -2.42. The number of alkyl halides is 3. The first-order chi connectivity index (χ1) is 6.20. The largest absolute Gasteiger partial charge is 0.416 e. The van der Waals surface area contributed by atoms with Gasteiger partial charge in [0.25, 0.3) is 0 Å². The highest BCUT2D eigenvalue weighted by Crippen LogP contribution is 2.33. The van der Waals surface area contributed by atoms with Crippen molar-refractivity contribution >= 4 is 8.80 Å². The second-order valence-corrected chi connectivity index (χ2v) is 6.44. The van der Waals surface area contributed by atoms with E-state index in [0.717, 1.165) is 6.92 Å². The molecule has 82 valence electrons. The van der Waals surface area contributed by atoms with Crippen LogP contribution in [-0.2, 0) is 0 Å². The van der Waals surface area contributed by atoms with Crippen molar-refractivity contribution < 1.29 is 18.3 Å². The van der Waals surface area contributed by atoms with Crippen molar-refractivity contribution in [1.29, 1.82) is 0 Å². The van der Waals surface area contributed by atoms with E-state index in [1.807, 2.05) is 6.55 Å². The Labute approximate surface area is 83.9 Å². The maximum atomic E-state index is 12.2. The monoisotopic (exact) mass is 224 g/mol. The first-order valence-electron chi connectivity index (χ1n) is 4.46. The average molecular weight is 224 g/mol. The molecule has 0 fully saturated rings. The third-order valence-corrected chi connectivity index (χ3v) is 4.04. The molecule has 0 radical (unpaired) electrons. The highest BCUT2D eigenvalue weighted by atomic mass is 28.3. The van der Waals surface area contributed by atoms with E-state index in [4.69, 9.17) is 11.5 Å². The second-order valence-electron chi connectivity index (χ2n) is 3.73. The molecule has 14 heavy (non-hydrogen) atoms. The third kappa shape index (κ3) is 4.16. The fraction of sp³-hybridized carbons (Fsp3) is 0.778. The van der Waals surface area contributed by atoms with Crippen LogP contribution in [0.25, 0.3) is 0 Å². The quantitative estimate of drug-likeness (QED) is 0.573. The van der Waals surface area contributed by atoms with Crippen LogP contribution in [0, 0.1) is 12.0 Å². The van der Waals surface area contributed by atoms with E-state index in [1.165, 1.54) is 0 Å². The minimum absolute atomic E-state index is 0.268. The molecule has 0 rings (SSSR count). The lowest BCUT2D eigenvalue weighted by atomic mass is 10.0. The minimum atomic E-state index is -4.55. The standard InChI is InChI=1S/C9H15F3OSi/c1-4-14(3)7-5-6-8(2,13)9(10,11)12/h1,13-14H,5-7H2,2-3H3. The van der Waals surface area contributed by atoms with Gasteiger partial charge in [0.15, 0.2) is 5.60 Å². The van der Waals surface area contributed by atoms with Crippen molar-refractivity contribution in [1.82, 2.24) is 0 Å². The summed E-state index contributed by atoms with van der Waals surface area (Å²) >= 11 is 0. The van der Waals surface area contributed by atoms with E-state index in [0.29, 0.717) is 12.5 Å². The number of aliphatic hydroxyl groups is 1. The molecule has 0 saturated heterocycles. The van der Waals surface area contributed by atoms with Crippen molar-refractivity contribution in [3.05, 3.63) is 0 Å². The van der Waals surface area contributed by atoms with E-state index in [1.54, 1.807) is 0 Å². The molecule has 0 heterocycles. The van der Waals surface area contributed by atoms with Gasteiger partial charge in [-0.15, -0.1) is 12.0 Å². The van der Waals surface area contributed by atoms with Crippen molar-refractivity contribution in [3.63, 3.8) is 0 Å². The maximum absolute atomic E-state index is 12.2. The first-order valence-corrected chi connectivity index (χ1v) is 7.01. The Morgan fingerprint density at radius 2 is 1.93 bits per heavy atom. The maximum Gasteiger partial charge on any atom is 0.416 e. The van der Waals surface area contributed by atoms with E-state index < -0.39 is 20.6 Å². The summed E-state index contributed by atoms with van der Waals surface area (Å²) in [6, 6.07) is 0.642. The predicted molar refractivity (Wildman–Crippen MR) is 52.6 cm³/mol. The lowest BCUT2D eigenvalue weighted by Gasteiger charge is -2.26. The Morgan fingerprint density at radius 1 is 1.43 bits per heavy atom. The van der Waals surface area contributed by atoms with Gasteiger partial charge in [0.2, 0.25) is 0 Å². The fourth-order valence-electron chi connectivity index (χ4n) is 0.978. The van der Waals surface area contributed by atoms with E-state index in [-0.39, 0.29) is 6.42 Å². The van der Waals surface area contributed by atoms with Gasteiger partial charge in [0.05, 0.1) is 0 Å². The van der Waals surface area contributed by atoms with Crippen LogP contribution in [0.1, 0.15) is 19.8 Å². The summed E-state index contributed by atoms with van der Waals surface area (Å²) in [5.74, 6) is 0. The Hall–Kier alpha value is -0.473. The van der Waals surface area contributed by atoms with Crippen LogP contribution in [0.3, 0.4) is 0 Å². The Bertz CT molecular complexity index is 217. The Morgan fingerprint density at radius 3 is 2.29 bits per heavy atom. The molecule has 0 aromatic heterocycles. The van der Waals surface area contributed by atoms with Gasteiger partial charge in [-0.05, 0) is 19.4 Å². The van der Waals surface area contributed by atoms with Crippen LogP contribution in [0.5, 0.6) is 0 Å². The normalized spacial score (nSPS) is 18.4. The van der Waals surface area contributed by atoms with Crippen LogP contribution in [-0.4, -0.2) is 25.7 Å². The molecular weight excluding hydrogens is 209 g/mol. The van der Waals surface area contributed by atoms with Gasteiger partial charge >= 0.3 is 6.18 Å². The van der Waals surface area contributed by atoms with Crippen LogP contribution in [0.15, 0.2) is 0 Å². The van der Waals surface area contributed by atoms with Crippen molar-refractivity contribution in [2.24, 2.45) is 0 Å². The van der Waals surface area contributed by atoms with Crippen LogP contribution < -0.4 is 0 Å². The molecule has 1 nitrogen and oxygen atoms in total. The number of terminal acetylenes is 1. The summed E-state index contributed by atoms with van der Waals surface area (Å²) < 4.78 is 36.5. The van der Waals surface area contributed by atoms with Gasteiger partial charge in [-0.25, -0.2) is 0 Å². The highest BCUT2D eigenvalue weighted by Gasteiger charge is 2.48. The fourth-order valence-corrected chi connectivity index (χ4v) is 1.96.